The van der Waals surface area contributed by atoms with Crippen molar-refractivity contribution in [2.45, 2.75) is 45.0 Å². The van der Waals surface area contributed by atoms with Gasteiger partial charge in [-0.1, -0.05) is 0 Å². The number of unbranched alkanes of at least 4 members (excludes halogenated alkanes) is 1. The normalized spacial score (nSPS) is 10.6. The second-order valence-corrected chi connectivity index (χ2v) is 6.94. The zero-order valence-electron chi connectivity index (χ0n) is 18.0. The molecule has 0 atom stereocenters. The van der Waals surface area contributed by atoms with Crippen molar-refractivity contribution >= 4 is 58.3 Å². The Morgan fingerprint density at radius 3 is 0.844 bits per heavy atom. The van der Waals surface area contributed by atoms with E-state index < -0.39 is 35.8 Å². The van der Waals surface area contributed by atoms with Crippen molar-refractivity contribution in [3.05, 3.63) is 34.9 Å². The van der Waals surface area contributed by atoms with Crippen LogP contribution in [0.4, 0.5) is 0 Å². The average molecular weight is 566 g/mol. The molecule has 0 fully saturated rings. The first kappa shape index (κ1) is 36.2. The van der Waals surface area contributed by atoms with Gasteiger partial charge in [-0.05, 0) is 20.8 Å². The molecule has 0 bridgehead atoms. The fourth-order valence-corrected chi connectivity index (χ4v) is 1.93. The topological polar surface area (TPSA) is 224 Å². The van der Waals surface area contributed by atoms with Crippen LogP contribution in [0.25, 0.3) is 0 Å². The van der Waals surface area contributed by atoms with Gasteiger partial charge >= 0.3 is 82.5 Å². The molecule has 3 radical (unpaired) electrons. The molecule has 0 aromatic heterocycles. The molecule has 0 aliphatic rings. The second-order valence-electron chi connectivity index (χ2n) is 5.52. The Morgan fingerprint density at radius 2 is 0.812 bits per heavy atom. The van der Waals surface area contributed by atoms with Crippen molar-refractivity contribution in [1.82, 2.24) is 0 Å². The fourth-order valence-electron chi connectivity index (χ4n) is 0.918. The molecule has 0 amide bonds. The molecule has 0 saturated carbocycles. The number of hydrogen-bond donors (Lipinski definition) is 6. The Morgan fingerprint density at radius 1 is 0.594 bits per heavy atom. The van der Waals surface area contributed by atoms with Gasteiger partial charge in [-0.3, -0.25) is 0 Å². The van der Waals surface area contributed by atoms with E-state index in [9.17, 15) is 28.8 Å². The molecule has 13 heteroatoms. The molecular formula is C19H27O12Sn. The van der Waals surface area contributed by atoms with Crippen LogP contribution < -0.4 is 0 Å². The summed E-state index contributed by atoms with van der Waals surface area (Å²) < 4.78 is 1.43. The van der Waals surface area contributed by atoms with Gasteiger partial charge in [-0.25, -0.2) is 28.8 Å². The molecule has 0 aliphatic heterocycles. The zero-order chi connectivity index (χ0) is 26.4. The average Bonchev–Trinajstić information content (AvgIpc) is 2.62. The van der Waals surface area contributed by atoms with Crippen molar-refractivity contribution in [3.63, 3.8) is 0 Å². The third kappa shape index (κ3) is 34.4. The summed E-state index contributed by atoms with van der Waals surface area (Å²) in [6.45, 7) is 5.88. The SMILES string of the molecule is C/C(=C/C(=O)O)C(=O)O.C/C(=C/C(=O)O)C(=O)O.C/C(=C/C(=O)O)C(=O)O.CCC[CH2][Sn]. The fraction of sp³-hybridized carbons (Fsp3) is 0.368. The molecule has 0 aromatic carbocycles. The number of rotatable bonds is 8. The van der Waals surface area contributed by atoms with Gasteiger partial charge in [0.05, 0.1) is 0 Å². The molecule has 0 heterocycles. The minimum atomic E-state index is -1.24. The van der Waals surface area contributed by atoms with E-state index in [1.165, 1.54) is 38.0 Å². The van der Waals surface area contributed by atoms with Crippen molar-refractivity contribution < 1.29 is 59.4 Å². The van der Waals surface area contributed by atoms with E-state index in [0.29, 0.717) is 18.2 Å². The van der Waals surface area contributed by atoms with Gasteiger partial charge in [0, 0.05) is 34.9 Å². The van der Waals surface area contributed by atoms with Crippen LogP contribution in [0.5, 0.6) is 0 Å². The summed E-state index contributed by atoms with van der Waals surface area (Å²) in [5.41, 5.74) is -0.535. The van der Waals surface area contributed by atoms with Gasteiger partial charge in [0.1, 0.15) is 0 Å². The first-order valence-corrected chi connectivity index (χ1v) is 10.6. The van der Waals surface area contributed by atoms with E-state index in [4.69, 9.17) is 30.6 Å². The summed E-state index contributed by atoms with van der Waals surface area (Å²) >= 11 is 1.68. The number of aliphatic carboxylic acids is 6. The summed E-state index contributed by atoms with van der Waals surface area (Å²) in [5.74, 6) is -7.35. The van der Waals surface area contributed by atoms with Gasteiger partial charge in [-0.15, -0.1) is 0 Å². The molecule has 0 aromatic rings. The summed E-state index contributed by atoms with van der Waals surface area (Å²) in [6.07, 6.45) is 4.72. The van der Waals surface area contributed by atoms with Crippen molar-refractivity contribution in [3.8, 4) is 0 Å². The van der Waals surface area contributed by atoms with Crippen LogP contribution in [0.2, 0.25) is 4.44 Å². The molecule has 0 rings (SSSR count). The van der Waals surface area contributed by atoms with E-state index in [1.807, 2.05) is 0 Å². The minimum absolute atomic E-state index is 0.178. The molecule has 0 saturated heterocycles. The van der Waals surface area contributed by atoms with Gasteiger partial charge in [-0.2, -0.15) is 0 Å². The number of carbonyl (C=O) groups is 6. The molecule has 32 heavy (non-hydrogen) atoms. The van der Waals surface area contributed by atoms with Crippen LogP contribution in [-0.2, 0) is 28.8 Å². The van der Waals surface area contributed by atoms with Crippen LogP contribution in [0.1, 0.15) is 40.5 Å². The maximum absolute atomic E-state index is 9.90. The molecule has 179 valence electrons. The molecule has 6 N–H and O–H groups in total. The first-order chi connectivity index (χ1) is 14.5. The van der Waals surface area contributed by atoms with Crippen molar-refractivity contribution in [2.75, 3.05) is 0 Å². The van der Waals surface area contributed by atoms with E-state index in [0.717, 1.165) is 0 Å². The predicted molar refractivity (Wildman–Crippen MR) is 113 cm³/mol. The zero-order valence-corrected chi connectivity index (χ0v) is 20.8. The Hall–Kier alpha value is -3.16. The van der Waals surface area contributed by atoms with Crippen LogP contribution in [-0.4, -0.2) is 89.0 Å². The molecular weight excluding hydrogens is 539 g/mol. The number of carboxylic acid groups (broad SMARTS) is 6. The predicted octanol–water partition coefficient (Wildman–Crippen LogP) is 1.68. The Labute approximate surface area is 197 Å². The van der Waals surface area contributed by atoms with Gasteiger partial charge < -0.3 is 30.6 Å². The third-order valence-corrected chi connectivity index (χ3v) is 3.57. The summed E-state index contributed by atoms with van der Waals surface area (Å²) in [7, 11) is 0. The summed E-state index contributed by atoms with van der Waals surface area (Å²) in [6, 6.07) is 0. The quantitative estimate of drug-likeness (QED) is 0.182. The van der Waals surface area contributed by atoms with Crippen LogP contribution in [0.3, 0.4) is 0 Å². The summed E-state index contributed by atoms with van der Waals surface area (Å²) in [5, 5.41) is 48.3. The molecule has 12 nitrogen and oxygen atoms in total. The van der Waals surface area contributed by atoms with Gasteiger partial charge in [0.2, 0.25) is 0 Å². The van der Waals surface area contributed by atoms with Crippen molar-refractivity contribution in [1.29, 1.82) is 0 Å². The van der Waals surface area contributed by atoms with Gasteiger partial charge in [0.25, 0.3) is 0 Å². The summed E-state index contributed by atoms with van der Waals surface area (Å²) in [4.78, 5) is 59.0. The van der Waals surface area contributed by atoms with Crippen LogP contribution >= 0.6 is 0 Å². The Balaban J connectivity index is -0.000000167. The second kappa shape index (κ2) is 22.5. The van der Waals surface area contributed by atoms with E-state index in [2.05, 4.69) is 6.92 Å². The van der Waals surface area contributed by atoms with E-state index >= 15 is 0 Å². The molecule has 0 aliphatic carbocycles. The number of carboxylic acids is 6. The standard InChI is InChI=1S/3C5H6O4.C4H9.Sn/c3*1-3(5(8)9)2-4(6)7;1-3-4-2;/h3*2H,1H3,(H,6,7)(H,8,9);1,3-4H2,2H3;/b3*3-2-;;. The van der Waals surface area contributed by atoms with Crippen LogP contribution in [0, 0.1) is 0 Å². The molecule has 0 spiro atoms. The third-order valence-electron chi connectivity index (χ3n) is 2.56. The van der Waals surface area contributed by atoms with E-state index in [1.54, 1.807) is 22.5 Å². The number of hydrogen-bond acceptors (Lipinski definition) is 6. The van der Waals surface area contributed by atoms with Crippen LogP contribution in [0.15, 0.2) is 34.9 Å². The maximum atomic E-state index is 9.90. The van der Waals surface area contributed by atoms with E-state index in [-0.39, 0.29) is 16.7 Å². The Kier molecular flexibility index (Phi) is 25.5. The van der Waals surface area contributed by atoms with Crippen molar-refractivity contribution in [2.24, 2.45) is 0 Å². The Bertz CT molecular complexity index is 650. The molecule has 0 unspecified atom stereocenters. The first-order valence-electron chi connectivity index (χ1n) is 8.61. The monoisotopic (exact) mass is 567 g/mol. The van der Waals surface area contributed by atoms with Gasteiger partial charge in [0.15, 0.2) is 0 Å².